The number of nitrogens with one attached hydrogen (secondary N) is 1. The Balaban J connectivity index is 1.97. The van der Waals surface area contributed by atoms with E-state index >= 15 is 0 Å². The molecule has 1 atom stereocenters. The van der Waals surface area contributed by atoms with E-state index in [0.717, 1.165) is 32.3 Å². The van der Waals surface area contributed by atoms with Crippen molar-refractivity contribution in [3.63, 3.8) is 0 Å². The molecule has 0 aliphatic heterocycles. The molecule has 106 valence electrons. The molecule has 1 aromatic rings. The molecule has 0 spiro atoms. The van der Waals surface area contributed by atoms with Crippen LogP contribution in [-0.4, -0.2) is 44.3 Å². The van der Waals surface area contributed by atoms with Gasteiger partial charge in [-0.15, -0.1) is 0 Å². The lowest BCUT2D eigenvalue weighted by Gasteiger charge is -2.28. The molecule has 0 saturated heterocycles. The smallest absolute Gasteiger partial charge is 0.0589 e. The van der Waals surface area contributed by atoms with Crippen LogP contribution in [0.5, 0.6) is 0 Å². The van der Waals surface area contributed by atoms with Crippen molar-refractivity contribution in [3.8, 4) is 0 Å². The summed E-state index contributed by atoms with van der Waals surface area (Å²) in [6.07, 6.45) is 2.69. The molecule has 1 aliphatic rings. The van der Waals surface area contributed by atoms with Crippen molar-refractivity contribution >= 4 is 0 Å². The van der Waals surface area contributed by atoms with Crippen LogP contribution in [0.2, 0.25) is 0 Å². The van der Waals surface area contributed by atoms with E-state index in [1.165, 1.54) is 18.4 Å². The Morgan fingerprint density at radius 2 is 2.05 bits per heavy atom. The third-order valence-corrected chi connectivity index (χ3v) is 3.72. The van der Waals surface area contributed by atoms with Gasteiger partial charge in [-0.05, 0) is 24.9 Å². The van der Waals surface area contributed by atoms with Crippen LogP contribution in [0.1, 0.15) is 31.4 Å². The molecule has 0 bridgehead atoms. The Hall–Kier alpha value is -0.900. The first-order valence-electron chi connectivity index (χ1n) is 7.36. The zero-order chi connectivity index (χ0) is 13.5. The van der Waals surface area contributed by atoms with Gasteiger partial charge in [0.25, 0.3) is 0 Å². The van der Waals surface area contributed by atoms with Crippen molar-refractivity contribution in [2.75, 3.05) is 33.4 Å². The third kappa shape index (κ3) is 4.60. The van der Waals surface area contributed by atoms with Crippen LogP contribution in [0.25, 0.3) is 0 Å². The fourth-order valence-corrected chi connectivity index (χ4v) is 2.53. The topological polar surface area (TPSA) is 24.5 Å². The maximum atomic E-state index is 5.24. The van der Waals surface area contributed by atoms with Crippen LogP contribution in [0.4, 0.5) is 0 Å². The van der Waals surface area contributed by atoms with Crippen molar-refractivity contribution in [1.29, 1.82) is 0 Å². The second-order valence-electron chi connectivity index (χ2n) is 5.24. The van der Waals surface area contributed by atoms with Gasteiger partial charge in [0.2, 0.25) is 0 Å². The van der Waals surface area contributed by atoms with Gasteiger partial charge in [-0.2, -0.15) is 0 Å². The number of nitrogens with zero attached hydrogens (tertiary/aromatic N) is 1. The van der Waals surface area contributed by atoms with Crippen molar-refractivity contribution in [1.82, 2.24) is 10.2 Å². The molecule has 1 saturated carbocycles. The number of ether oxygens (including phenoxy) is 1. The zero-order valence-electron chi connectivity index (χ0n) is 12.1. The Morgan fingerprint density at radius 3 is 2.63 bits per heavy atom. The first kappa shape index (κ1) is 14.5. The van der Waals surface area contributed by atoms with E-state index in [-0.39, 0.29) is 0 Å². The summed E-state index contributed by atoms with van der Waals surface area (Å²) >= 11 is 0. The Morgan fingerprint density at radius 1 is 1.32 bits per heavy atom. The van der Waals surface area contributed by atoms with Gasteiger partial charge in [-0.25, -0.2) is 0 Å². The maximum Gasteiger partial charge on any atom is 0.0589 e. The third-order valence-electron chi connectivity index (χ3n) is 3.72. The van der Waals surface area contributed by atoms with Crippen LogP contribution < -0.4 is 5.32 Å². The second-order valence-corrected chi connectivity index (χ2v) is 5.24. The summed E-state index contributed by atoms with van der Waals surface area (Å²) in [5, 5.41) is 3.61. The van der Waals surface area contributed by atoms with Gasteiger partial charge in [0, 0.05) is 32.3 Å². The average Bonchev–Trinajstić information content (AvgIpc) is 3.28. The van der Waals surface area contributed by atoms with Gasteiger partial charge in [-0.1, -0.05) is 37.3 Å². The standard InChI is InChI=1S/C16H26N2O/c1-3-17-16(14-7-5-4-6-8-14)13-18(11-12-19-2)15-9-10-15/h4-8,15-17H,3,9-13H2,1-2H3. The lowest BCUT2D eigenvalue weighted by molar-refractivity contribution is 0.136. The highest BCUT2D eigenvalue weighted by molar-refractivity contribution is 5.19. The van der Waals surface area contributed by atoms with E-state index in [2.05, 4.69) is 47.5 Å². The summed E-state index contributed by atoms with van der Waals surface area (Å²) in [6.45, 7) is 6.11. The molecule has 1 fully saturated rings. The van der Waals surface area contributed by atoms with Gasteiger partial charge in [0.05, 0.1) is 6.61 Å². The fraction of sp³-hybridized carbons (Fsp3) is 0.625. The largest absolute Gasteiger partial charge is 0.383 e. The van der Waals surface area contributed by atoms with E-state index in [9.17, 15) is 0 Å². The number of rotatable bonds is 9. The quantitative estimate of drug-likeness (QED) is 0.740. The average molecular weight is 262 g/mol. The predicted molar refractivity (Wildman–Crippen MR) is 79.3 cm³/mol. The minimum atomic E-state index is 0.420. The maximum absolute atomic E-state index is 5.24. The van der Waals surface area contributed by atoms with E-state index < -0.39 is 0 Å². The summed E-state index contributed by atoms with van der Waals surface area (Å²) in [4.78, 5) is 2.57. The van der Waals surface area contributed by atoms with Crippen molar-refractivity contribution < 1.29 is 4.74 Å². The Kier molecular flexibility index (Phi) is 5.83. The van der Waals surface area contributed by atoms with E-state index in [0.29, 0.717) is 6.04 Å². The number of hydrogen-bond acceptors (Lipinski definition) is 3. The number of benzene rings is 1. The SMILES string of the molecule is CCNC(CN(CCOC)C1CC1)c1ccccc1. The van der Waals surface area contributed by atoms with Gasteiger partial charge in [-0.3, -0.25) is 4.90 Å². The Labute approximate surface area is 116 Å². The molecule has 1 aromatic carbocycles. The molecule has 3 heteroatoms. The zero-order valence-corrected chi connectivity index (χ0v) is 12.1. The Bertz CT molecular complexity index is 351. The fourth-order valence-electron chi connectivity index (χ4n) is 2.53. The summed E-state index contributed by atoms with van der Waals surface area (Å²) in [5.41, 5.74) is 1.38. The highest BCUT2D eigenvalue weighted by Gasteiger charge is 2.30. The molecule has 3 nitrogen and oxygen atoms in total. The molecule has 0 aromatic heterocycles. The molecule has 19 heavy (non-hydrogen) atoms. The van der Waals surface area contributed by atoms with Gasteiger partial charge < -0.3 is 10.1 Å². The van der Waals surface area contributed by atoms with E-state index in [1.54, 1.807) is 7.11 Å². The molecular formula is C16H26N2O. The second kappa shape index (κ2) is 7.63. The number of methoxy groups -OCH3 is 1. The molecule has 1 aliphatic carbocycles. The van der Waals surface area contributed by atoms with Gasteiger partial charge >= 0.3 is 0 Å². The van der Waals surface area contributed by atoms with Crippen molar-refractivity contribution in [2.24, 2.45) is 0 Å². The summed E-state index contributed by atoms with van der Waals surface area (Å²) in [6, 6.07) is 12.0. The molecule has 1 unspecified atom stereocenters. The number of hydrogen-bond donors (Lipinski definition) is 1. The molecular weight excluding hydrogens is 236 g/mol. The predicted octanol–water partition coefficient (Wildman–Crippen LogP) is 2.45. The monoisotopic (exact) mass is 262 g/mol. The molecule has 2 rings (SSSR count). The molecule has 0 radical (unpaired) electrons. The minimum absolute atomic E-state index is 0.420. The van der Waals surface area contributed by atoms with Gasteiger partial charge in [0.15, 0.2) is 0 Å². The number of likely N-dealkylation sites (N-methyl/N-ethyl adjacent to an activating group) is 1. The summed E-state index contributed by atoms with van der Waals surface area (Å²) in [7, 11) is 1.78. The summed E-state index contributed by atoms with van der Waals surface area (Å²) in [5.74, 6) is 0. The van der Waals surface area contributed by atoms with Crippen LogP contribution in [0.15, 0.2) is 30.3 Å². The van der Waals surface area contributed by atoms with Crippen LogP contribution >= 0.6 is 0 Å². The van der Waals surface area contributed by atoms with E-state index in [4.69, 9.17) is 4.74 Å². The molecule has 0 amide bonds. The first-order chi connectivity index (χ1) is 9.35. The van der Waals surface area contributed by atoms with Crippen LogP contribution in [0.3, 0.4) is 0 Å². The lowest BCUT2D eigenvalue weighted by Crippen LogP contribution is -2.38. The van der Waals surface area contributed by atoms with Crippen molar-refractivity contribution in [2.45, 2.75) is 31.8 Å². The minimum Gasteiger partial charge on any atom is -0.383 e. The van der Waals surface area contributed by atoms with Crippen molar-refractivity contribution in [3.05, 3.63) is 35.9 Å². The van der Waals surface area contributed by atoms with Crippen LogP contribution in [0, 0.1) is 0 Å². The first-order valence-corrected chi connectivity index (χ1v) is 7.36. The van der Waals surface area contributed by atoms with Crippen LogP contribution in [-0.2, 0) is 4.74 Å². The highest BCUT2D eigenvalue weighted by Crippen LogP contribution is 2.28. The molecule has 1 N–H and O–H groups in total. The van der Waals surface area contributed by atoms with E-state index in [1.807, 2.05) is 0 Å². The normalized spacial score (nSPS) is 16.8. The summed E-state index contributed by atoms with van der Waals surface area (Å²) < 4.78 is 5.24. The van der Waals surface area contributed by atoms with Gasteiger partial charge in [0.1, 0.15) is 0 Å². The molecule has 0 heterocycles. The highest BCUT2D eigenvalue weighted by atomic mass is 16.5. The lowest BCUT2D eigenvalue weighted by atomic mass is 10.1.